The highest BCUT2D eigenvalue weighted by molar-refractivity contribution is 6.34. The summed E-state index contributed by atoms with van der Waals surface area (Å²) in [7, 11) is 0. The molecule has 0 radical (unpaired) electrons. The summed E-state index contributed by atoms with van der Waals surface area (Å²) in [6, 6.07) is 5.57. The molecule has 0 unspecified atom stereocenters. The van der Waals surface area contributed by atoms with Crippen molar-refractivity contribution in [3.8, 4) is 0 Å². The number of rotatable bonds is 5. The van der Waals surface area contributed by atoms with Crippen LogP contribution >= 0.6 is 23.2 Å². The lowest BCUT2D eigenvalue weighted by atomic mass is 10.0. The first-order chi connectivity index (χ1) is 9.58. The second kappa shape index (κ2) is 6.61. The van der Waals surface area contributed by atoms with E-state index in [1.165, 1.54) is 5.56 Å². The van der Waals surface area contributed by atoms with Crippen LogP contribution in [0.5, 0.6) is 0 Å². The fraction of sp³-hybridized carbons (Fsp3) is 0.400. The zero-order valence-electron chi connectivity index (χ0n) is 11.7. The predicted molar refractivity (Wildman–Crippen MR) is 82.5 cm³/mol. The van der Waals surface area contributed by atoms with E-state index in [0.717, 1.165) is 36.2 Å². The van der Waals surface area contributed by atoms with E-state index in [9.17, 15) is 5.11 Å². The van der Waals surface area contributed by atoms with Crippen molar-refractivity contribution in [2.75, 3.05) is 0 Å². The van der Waals surface area contributed by atoms with E-state index in [2.05, 4.69) is 18.9 Å². The van der Waals surface area contributed by atoms with Gasteiger partial charge in [-0.25, -0.2) is 4.68 Å². The minimum absolute atomic E-state index is 0.0908. The molecule has 1 aromatic heterocycles. The minimum atomic E-state index is -0.0908. The van der Waals surface area contributed by atoms with E-state index in [0.29, 0.717) is 10.0 Å². The number of aliphatic hydroxyl groups excluding tert-OH is 1. The zero-order valence-corrected chi connectivity index (χ0v) is 13.2. The first-order valence-electron chi connectivity index (χ1n) is 6.72. The van der Waals surface area contributed by atoms with Crippen molar-refractivity contribution in [1.29, 1.82) is 0 Å². The highest BCUT2D eigenvalue weighted by Gasteiger charge is 2.15. The lowest BCUT2D eigenvalue weighted by Gasteiger charge is -2.07. The lowest BCUT2D eigenvalue weighted by molar-refractivity contribution is 0.191. The van der Waals surface area contributed by atoms with E-state index in [1.807, 2.05) is 12.1 Å². The molecule has 0 saturated carbocycles. The van der Waals surface area contributed by atoms with Gasteiger partial charge in [-0.15, -0.1) is 0 Å². The Labute approximate surface area is 129 Å². The molecular weight excluding hydrogens is 295 g/mol. The molecule has 108 valence electrons. The van der Waals surface area contributed by atoms with Crippen molar-refractivity contribution < 1.29 is 5.11 Å². The van der Waals surface area contributed by atoms with Crippen LogP contribution in [-0.4, -0.2) is 14.9 Å². The summed E-state index contributed by atoms with van der Waals surface area (Å²) in [6.45, 7) is 4.04. The number of aliphatic hydroxyl groups is 1. The Morgan fingerprint density at radius 1 is 1.10 bits per heavy atom. The molecule has 0 aliphatic carbocycles. The van der Waals surface area contributed by atoms with Crippen LogP contribution in [0.3, 0.4) is 0 Å². The molecule has 2 rings (SSSR count). The van der Waals surface area contributed by atoms with Gasteiger partial charge in [0.1, 0.15) is 6.73 Å². The smallest absolute Gasteiger partial charge is 0.136 e. The molecule has 1 N–H and O–H groups in total. The molecule has 0 aliphatic rings. The Morgan fingerprint density at radius 2 is 1.75 bits per heavy atom. The average molecular weight is 313 g/mol. The van der Waals surface area contributed by atoms with Crippen LogP contribution in [0, 0.1) is 0 Å². The maximum atomic E-state index is 9.40. The normalized spacial score (nSPS) is 11.1. The van der Waals surface area contributed by atoms with Crippen molar-refractivity contribution in [3.05, 3.63) is 50.8 Å². The standard InChI is InChI=1S/C15H18Cl2N2O/c1-3-14-13(15(4-2)19(9-20)18-14)7-10-5-11(16)8-12(17)6-10/h5-6,8,20H,3-4,7,9H2,1-2H3. The number of aryl methyl sites for hydroxylation is 1. The van der Waals surface area contributed by atoms with Crippen molar-refractivity contribution in [3.63, 3.8) is 0 Å². The van der Waals surface area contributed by atoms with E-state index < -0.39 is 0 Å². The average Bonchev–Trinajstić information content (AvgIpc) is 2.74. The Bertz CT molecular complexity index is 588. The number of hydrogen-bond donors (Lipinski definition) is 1. The maximum absolute atomic E-state index is 9.40. The third kappa shape index (κ3) is 3.17. The Morgan fingerprint density at radius 3 is 2.25 bits per heavy atom. The van der Waals surface area contributed by atoms with E-state index in [1.54, 1.807) is 10.7 Å². The van der Waals surface area contributed by atoms with Crippen LogP contribution in [-0.2, 0) is 26.0 Å². The number of halogens is 2. The van der Waals surface area contributed by atoms with Gasteiger partial charge in [0.15, 0.2) is 0 Å². The Kier molecular flexibility index (Phi) is 5.08. The molecule has 1 heterocycles. The van der Waals surface area contributed by atoms with Crippen molar-refractivity contribution in [2.45, 2.75) is 39.8 Å². The fourth-order valence-corrected chi connectivity index (χ4v) is 3.08. The number of benzene rings is 1. The van der Waals surface area contributed by atoms with Gasteiger partial charge in [-0.1, -0.05) is 37.0 Å². The van der Waals surface area contributed by atoms with Gasteiger partial charge in [-0.2, -0.15) is 5.10 Å². The van der Waals surface area contributed by atoms with E-state index >= 15 is 0 Å². The molecule has 0 atom stereocenters. The molecular formula is C15H18Cl2N2O. The Hall–Kier alpha value is -1.03. The SMILES string of the molecule is CCc1nn(CO)c(CC)c1Cc1cc(Cl)cc(Cl)c1. The maximum Gasteiger partial charge on any atom is 0.136 e. The Balaban J connectivity index is 2.43. The number of aromatic nitrogens is 2. The van der Waals surface area contributed by atoms with Gasteiger partial charge < -0.3 is 5.11 Å². The van der Waals surface area contributed by atoms with Crippen LogP contribution in [0.25, 0.3) is 0 Å². The van der Waals surface area contributed by atoms with Crippen molar-refractivity contribution >= 4 is 23.2 Å². The summed E-state index contributed by atoms with van der Waals surface area (Å²) >= 11 is 12.1. The molecule has 2 aromatic rings. The van der Waals surface area contributed by atoms with Crippen LogP contribution in [0.4, 0.5) is 0 Å². The fourth-order valence-electron chi connectivity index (χ4n) is 2.51. The van der Waals surface area contributed by atoms with Crippen molar-refractivity contribution in [2.24, 2.45) is 0 Å². The van der Waals surface area contributed by atoms with E-state index in [-0.39, 0.29) is 6.73 Å². The summed E-state index contributed by atoms with van der Waals surface area (Å²) in [5, 5.41) is 15.1. The topological polar surface area (TPSA) is 38.0 Å². The van der Waals surface area contributed by atoms with Crippen molar-refractivity contribution in [1.82, 2.24) is 9.78 Å². The van der Waals surface area contributed by atoms with Gasteiger partial charge in [0.25, 0.3) is 0 Å². The zero-order chi connectivity index (χ0) is 14.7. The summed E-state index contributed by atoms with van der Waals surface area (Å²) < 4.78 is 1.67. The molecule has 0 spiro atoms. The molecule has 5 heteroatoms. The summed E-state index contributed by atoms with van der Waals surface area (Å²) in [6.07, 6.45) is 2.40. The van der Waals surface area contributed by atoms with Crippen LogP contribution in [0.15, 0.2) is 18.2 Å². The van der Waals surface area contributed by atoms with Gasteiger partial charge in [0.2, 0.25) is 0 Å². The highest BCUT2D eigenvalue weighted by Crippen LogP contribution is 2.24. The summed E-state index contributed by atoms with van der Waals surface area (Å²) in [4.78, 5) is 0. The van der Waals surface area contributed by atoms with Crippen LogP contribution in [0.2, 0.25) is 10.0 Å². The van der Waals surface area contributed by atoms with E-state index in [4.69, 9.17) is 23.2 Å². The van der Waals surface area contributed by atoms with Gasteiger partial charge >= 0.3 is 0 Å². The number of nitrogens with zero attached hydrogens (tertiary/aromatic N) is 2. The summed E-state index contributed by atoms with van der Waals surface area (Å²) in [5.74, 6) is 0. The lowest BCUT2D eigenvalue weighted by Crippen LogP contribution is -2.04. The summed E-state index contributed by atoms with van der Waals surface area (Å²) in [5.41, 5.74) is 4.32. The molecule has 0 amide bonds. The van der Waals surface area contributed by atoms with Gasteiger partial charge in [-0.05, 0) is 36.6 Å². The third-order valence-electron chi connectivity index (χ3n) is 3.36. The first kappa shape index (κ1) is 15.4. The minimum Gasteiger partial charge on any atom is -0.374 e. The second-order valence-electron chi connectivity index (χ2n) is 4.67. The molecule has 1 aromatic carbocycles. The largest absolute Gasteiger partial charge is 0.374 e. The van der Waals surface area contributed by atoms with Gasteiger partial charge in [0, 0.05) is 27.7 Å². The van der Waals surface area contributed by atoms with Crippen LogP contribution in [0.1, 0.15) is 36.4 Å². The number of hydrogen-bond acceptors (Lipinski definition) is 2. The van der Waals surface area contributed by atoms with Crippen LogP contribution < -0.4 is 0 Å². The monoisotopic (exact) mass is 312 g/mol. The molecule has 0 saturated heterocycles. The first-order valence-corrected chi connectivity index (χ1v) is 7.47. The highest BCUT2D eigenvalue weighted by atomic mass is 35.5. The molecule has 3 nitrogen and oxygen atoms in total. The predicted octanol–water partition coefficient (Wildman–Crippen LogP) is 3.86. The molecule has 0 aliphatic heterocycles. The molecule has 20 heavy (non-hydrogen) atoms. The quantitative estimate of drug-likeness (QED) is 0.910. The molecule has 0 fully saturated rings. The van der Waals surface area contributed by atoms with Gasteiger partial charge in [0.05, 0.1) is 5.69 Å². The third-order valence-corrected chi connectivity index (χ3v) is 3.79. The van der Waals surface area contributed by atoms with Gasteiger partial charge in [-0.3, -0.25) is 0 Å². The second-order valence-corrected chi connectivity index (χ2v) is 5.55. The molecule has 0 bridgehead atoms.